The number of carbonyl (C=O) groups excluding carboxylic acids is 1. The predicted octanol–water partition coefficient (Wildman–Crippen LogP) is 2.90. The highest BCUT2D eigenvalue weighted by molar-refractivity contribution is 5.78. The van der Waals surface area contributed by atoms with Gasteiger partial charge in [-0.05, 0) is 54.8 Å². The molecule has 0 aliphatic carbocycles. The lowest BCUT2D eigenvalue weighted by Crippen LogP contribution is -2.26. The van der Waals surface area contributed by atoms with Crippen LogP contribution in [0.1, 0.15) is 23.2 Å². The Labute approximate surface area is 166 Å². The first-order chi connectivity index (χ1) is 14.0. The number of nitriles is 1. The minimum Gasteiger partial charge on any atom is -0.382 e. The maximum Gasteiger partial charge on any atom is 0.224 e. The van der Waals surface area contributed by atoms with E-state index in [9.17, 15) is 18.8 Å². The van der Waals surface area contributed by atoms with E-state index < -0.39 is 0 Å². The number of nitrogens with one attached hydrogen (secondary N) is 1. The van der Waals surface area contributed by atoms with Crippen LogP contribution >= 0.6 is 0 Å². The molecule has 0 spiro atoms. The van der Waals surface area contributed by atoms with E-state index in [2.05, 4.69) is 10.4 Å². The summed E-state index contributed by atoms with van der Waals surface area (Å²) in [5, 5.41) is 16.5. The molecule has 148 valence electrons. The van der Waals surface area contributed by atoms with Crippen molar-refractivity contribution < 1.29 is 13.6 Å². The molecule has 8 heteroatoms. The van der Waals surface area contributed by atoms with E-state index in [1.54, 1.807) is 12.1 Å². The van der Waals surface area contributed by atoms with Crippen LogP contribution in [-0.4, -0.2) is 22.2 Å². The summed E-state index contributed by atoms with van der Waals surface area (Å²) in [5.41, 5.74) is 7.94. The molecular weight excluding hydrogens is 376 g/mol. The average molecular weight is 395 g/mol. The monoisotopic (exact) mass is 395 g/mol. The van der Waals surface area contributed by atoms with Crippen LogP contribution < -0.4 is 11.1 Å². The molecule has 0 saturated heterocycles. The van der Waals surface area contributed by atoms with Crippen molar-refractivity contribution in [2.24, 2.45) is 0 Å². The van der Waals surface area contributed by atoms with Crippen molar-refractivity contribution in [2.75, 3.05) is 12.3 Å². The molecule has 0 aliphatic rings. The maximum absolute atomic E-state index is 13.2. The van der Waals surface area contributed by atoms with Crippen molar-refractivity contribution in [1.29, 1.82) is 5.26 Å². The Kier molecular flexibility index (Phi) is 6.19. The summed E-state index contributed by atoms with van der Waals surface area (Å²) in [5.74, 6) is -0.792. The predicted molar refractivity (Wildman–Crippen MR) is 104 cm³/mol. The summed E-state index contributed by atoms with van der Waals surface area (Å²) in [7, 11) is 0. The second-order valence-corrected chi connectivity index (χ2v) is 6.47. The molecule has 0 fully saturated rings. The highest BCUT2D eigenvalue weighted by atomic mass is 19.1. The van der Waals surface area contributed by atoms with E-state index in [1.165, 1.54) is 41.1 Å². The number of aryl methyl sites for hydroxylation is 1. The Balaban J connectivity index is 1.58. The van der Waals surface area contributed by atoms with Gasteiger partial charge in [0.2, 0.25) is 5.91 Å². The molecule has 1 aromatic heterocycles. The number of amides is 1. The molecule has 6 nitrogen and oxygen atoms in total. The van der Waals surface area contributed by atoms with Crippen LogP contribution in [0.15, 0.2) is 48.5 Å². The minimum absolute atomic E-state index is 0.0906. The zero-order valence-electron chi connectivity index (χ0n) is 15.5. The van der Waals surface area contributed by atoms with Gasteiger partial charge in [-0.2, -0.15) is 10.4 Å². The Morgan fingerprint density at radius 1 is 1.17 bits per heavy atom. The second kappa shape index (κ2) is 8.97. The van der Waals surface area contributed by atoms with Gasteiger partial charge in [-0.15, -0.1) is 0 Å². The summed E-state index contributed by atoms with van der Waals surface area (Å²) in [4.78, 5) is 12.0. The third-order valence-corrected chi connectivity index (χ3v) is 4.34. The van der Waals surface area contributed by atoms with Crippen molar-refractivity contribution in [3.8, 4) is 11.8 Å². The number of rotatable bonds is 7. The van der Waals surface area contributed by atoms with E-state index in [4.69, 9.17) is 5.73 Å². The summed E-state index contributed by atoms with van der Waals surface area (Å²) < 4.78 is 27.7. The van der Waals surface area contributed by atoms with Crippen LogP contribution in [0.5, 0.6) is 0 Å². The van der Waals surface area contributed by atoms with Crippen LogP contribution in [0.3, 0.4) is 0 Å². The normalized spacial score (nSPS) is 10.5. The topological polar surface area (TPSA) is 96.7 Å². The molecule has 0 saturated carbocycles. The van der Waals surface area contributed by atoms with E-state index in [0.29, 0.717) is 36.3 Å². The van der Waals surface area contributed by atoms with Gasteiger partial charge in [0.25, 0.3) is 0 Å². The molecule has 29 heavy (non-hydrogen) atoms. The number of hydrogen-bond acceptors (Lipinski definition) is 4. The molecule has 3 aromatic rings. The first kappa shape index (κ1) is 20.0. The lowest BCUT2D eigenvalue weighted by atomic mass is 10.1. The van der Waals surface area contributed by atoms with E-state index in [0.717, 1.165) is 0 Å². The molecule has 3 rings (SSSR count). The number of nitrogen functional groups attached to an aromatic ring is 1. The van der Waals surface area contributed by atoms with Crippen molar-refractivity contribution in [2.45, 2.75) is 19.3 Å². The average Bonchev–Trinajstić information content (AvgIpc) is 3.01. The largest absolute Gasteiger partial charge is 0.382 e. The van der Waals surface area contributed by atoms with Gasteiger partial charge < -0.3 is 11.1 Å². The van der Waals surface area contributed by atoms with Gasteiger partial charge in [0.1, 0.15) is 29.1 Å². The molecule has 0 atom stereocenters. The van der Waals surface area contributed by atoms with Gasteiger partial charge in [0, 0.05) is 6.54 Å². The van der Waals surface area contributed by atoms with E-state index >= 15 is 0 Å². The van der Waals surface area contributed by atoms with Crippen molar-refractivity contribution in [1.82, 2.24) is 15.1 Å². The number of nitrogens with zero attached hydrogens (tertiary/aromatic N) is 3. The van der Waals surface area contributed by atoms with Gasteiger partial charge in [-0.1, -0.05) is 12.1 Å². The molecule has 0 aliphatic heterocycles. The summed E-state index contributed by atoms with van der Waals surface area (Å²) in [6.07, 6.45) is 1.07. The number of nitrogens with two attached hydrogens (primary N) is 1. The summed E-state index contributed by atoms with van der Waals surface area (Å²) in [6.45, 7) is 0.377. The lowest BCUT2D eigenvalue weighted by Gasteiger charge is -2.05. The van der Waals surface area contributed by atoms with Gasteiger partial charge in [0.15, 0.2) is 0 Å². The number of halogens is 2. The zero-order chi connectivity index (χ0) is 20.8. The van der Waals surface area contributed by atoms with Crippen LogP contribution in [0.25, 0.3) is 5.69 Å². The number of anilines is 1. The van der Waals surface area contributed by atoms with Crippen LogP contribution in [0, 0.1) is 23.0 Å². The van der Waals surface area contributed by atoms with Crippen molar-refractivity contribution >= 4 is 11.7 Å². The fourth-order valence-electron chi connectivity index (χ4n) is 2.93. The Hall–Kier alpha value is -3.73. The smallest absolute Gasteiger partial charge is 0.224 e. The van der Waals surface area contributed by atoms with Gasteiger partial charge in [0.05, 0.1) is 17.8 Å². The van der Waals surface area contributed by atoms with Crippen LogP contribution in [-0.2, 0) is 17.6 Å². The van der Waals surface area contributed by atoms with Crippen molar-refractivity contribution in [3.05, 3.63) is 77.0 Å². The minimum atomic E-state index is -0.381. The molecule has 0 radical (unpaired) electrons. The molecule has 2 aromatic carbocycles. The highest BCUT2D eigenvalue weighted by Gasteiger charge is 2.16. The maximum atomic E-state index is 13.2. The Bertz CT molecular complexity index is 1050. The molecule has 0 unspecified atom stereocenters. The SMILES string of the molecule is N#Cc1c(CCCNC(=O)Cc2cccc(F)c2)nn(-c2ccc(F)cc2)c1N. The standard InChI is InChI=1S/C21H19F2N5O/c22-15-6-8-17(9-7-15)28-21(25)18(13-24)19(27-28)5-2-10-26-20(29)12-14-3-1-4-16(23)11-14/h1,3-4,6-9,11H,2,5,10,12,25H2,(H,26,29). The van der Waals surface area contributed by atoms with Gasteiger partial charge in [-0.25, -0.2) is 13.5 Å². The fraction of sp³-hybridized carbons (Fsp3) is 0.190. The third-order valence-electron chi connectivity index (χ3n) is 4.34. The Morgan fingerprint density at radius 2 is 1.93 bits per heavy atom. The first-order valence-corrected chi connectivity index (χ1v) is 9.02. The zero-order valence-corrected chi connectivity index (χ0v) is 15.5. The third kappa shape index (κ3) is 4.96. The van der Waals surface area contributed by atoms with E-state index in [1.807, 2.05) is 6.07 Å². The molecular formula is C21H19F2N5O. The number of aromatic nitrogens is 2. The summed E-state index contributed by atoms with van der Waals surface area (Å²) >= 11 is 0. The molecule has 0 bridgehead atoms. The molecule has 3 N–H and O–H groups in total. The lowest BCUT2D eigenvalue weighted by molar-refractivity contribution is -0.120. The highest BCUT2D eigenvalue weighted by Crippen LogP contribution is 2.21. The van der Waals surface area contributed by atoms with Gasteiger partial charge >= 0.3 is 0 Å². The van der Waals surface area contributed by atoms with Crippen molar-refractivity contribution in [3.63, 3.8) is 0 Å². The van der Waals surface area contributed by atoms with Gasteiger partial charge in [-0.3, -0.25) is 4.79 Å². The Morgan fingerprint density at radius 3 is 2.62 bits per heavy atom. The molecule has 1 heterocycles. The number of carbonyl (C=O) groups is 1. The second-order valence-electron chi connectivity index (χ2n) is 6.47. The molecule has 1 amide bonds. The van der Waals surface area contributed by atoms with Crippen LogP contribution in [0.4, 0.5) is 14.6 Å². The quantitative estimate of drug-likeness (QED) is 0.601. The first-order valence-electron chi connectivity index (χ1n) is 9.02. The number of hydrogen-bond donors (Lipinski definition) is 2. The fourth-order valence-corrected chi connectivity index (χ4v) is 2.93. The van der Waals surface area contributed by atoms with E-state index in [-0.39, 0.29) is 35.3 Å². The van der Waals surface area contributed by atoms with Crippen LogP contribution in [0.2, 0.25) is 0 Å². The number of benzene rings is 2. The summed E-state index contributed by atoms with van der Waals surface area (Å²) in [6, 6.07) is 13.6.